The SMILES string of the molecule is COc1ccc([C@H](O)[C@@H]2N=C(N)S[C@@H]2c2ccccc2)cc1. The fourth-order valence-corrected chi connectivity index (χ4v) is 3.67. The van der Waals surface area contributed by atoms with Crippen LogP contribution in [0.3, 0.4) is 0 Å². The Hall–Kier alpha value is -1.98. The number of hydrogen-bond donors (Lipinski definition) is 2. The molecule has 2 aromatic rings. The van der Waals surface area contributed by atoms with E-state index in [4.69, 9.17) is 10.5 Å². The van der Waals surface area contributed by atoms with Gasteiger partial charge in [-0.15, -0.1) is 0 Å². The van der Waals surface area contributed by atoms with Gasteiger partial charge in [0.2, 0.25) is 0 Å². The highest BCUT2D eigenvalue weighted by molar-refractivity contribution is 8.14. The van der Waals surface area contributed by atoms with Crippen LogP contribution in [0.25, 0.3) is 0 Å². The predicted octanol–water partition coefficient (Wildman–Crippen LogP) is 2.90. The topological polar surface area (TPSA) is 67.8 Å². The molecule has 3 rings (SSSR count). The van der Waals surface area contributed by atoms with Crippen molar-refractivity contribution in [1.82, 2.24) is 0 Å². The zero-order valence-corrected chi connectivity index (χ0v) is 13.0. The highest BCUT2D eigenvalue weighted by atomic mass is 32.2. The number of nitrogens with two attached hydrogens (primary N) is 1. The standard InChI is InChI=1S/C17H18N2O2S/c1-21-13-9-7-11(8-10-13)15(20)14-16(22-17(18)19-14)12-5-3-2-4-6-12/h2-10,14-16,20H,1H3,(H2,18,19)/t14-,15-,16+/m0/s1. The summed E-state index contributed by atoms with van der Waals surface area (Å²) in [6.45, 7) is 0. The molecule has 4 nitrogen and oxygen atoms in total. The first-order valence-electron chi connectivity index (χ1n) is 7.06. The number of amidine groups is 1. The third kappa shape index (κ3) is 2.96. The van der Waals surface area contributed by atoms with E-state index in [2.05, 4.69) is 4.99 Å². The fraction of sp³-hybridized carbons (Fsp3) is 0.235. The van der Waals surface area contributed by atoms with E-state index in [1.54, 1.807) is 7.11 Å². The average Bonchev–Trinajstić information content (AvgIpc) is 2.97. The third-order valence-corrected chi connectivity index (χ3v) is 4.89. The van der Waals surface area contributed by atoms with Crippen LogP contribution in [0, 0.1) is 0 Å². The molecule has 0 aromatic heterocycles. The second kappa shape index (κ2) is 6.42. The number of benzene rings is 2. The maximum atomic E-state index is 10.7. The summed E-state index contributed by atoms with van der Waals surface area (Å²) in [4.78, 5) is 4.44. The summed E-state index contributed by atoms with van der Waals surface area (Å²) in [5, 5.41) is 11.3. The lowest BCUT2D eigenvalue weighted by Crippen LogP contribution is -2.20. The zero-order chi connectivity index (χ0) is 15.5. The van der Waals surface area contributed by atoms with Crippen LogP contribution in [-0.2, 0) is 0 Å². The van der Waals surface area contributed by atoms with E-state index in [1.165, 1.54) is 11.8 Å². The van der Waals surface area contributed by atoms with E-state index in [1.807, 2.05) is 54.6 Å². The molecule has 0 amide bonds. The molecule has 114 valence electrons. The van der Waals surface area contributed by atoms with Gasteiger partial charge in [-0.2, -0.15) is 0 Å². The van der Waals surface area contributed by atoms with Crippen molar-refractivity contribution in [2.45, 2.75) is 17.4 Å². The molecular weight excluding hydrogens is 296 g/mol. The van der Waals surface area contributed by atoms with Crippen molar-refractivity contribution in [3.05, 3.63) is 65.7 Å². The minimum Gasteiger partial charge on any atom is -0.497 e. The minimum atomic E-state index is -0.704. The molecule has 0 saturated heterocycles. The first kappa shape index (κ1) is 14.9. The van der Waals surface area contributed by atoms with Crippen molar-refractivity contribution < 1.29 is 9.84 Å². The summed E-state index contributed by atoms with van der Waals surface area (Å²) >= 11 is 1.50. The van der Waals surface area contributed by atoms with E-state index in [-0.39, 0.29) is 11.3 Å². The molecule has 0 bridgehead atoms. The van der Waals surface area contributed by atoms with Crippen molar-refractivity contribution >= 4 is 16.9 Å². The van der Waals surface area contributed by atoms with Gasteiger partial charge >= 0.3 is 0 Å². The summed E-state index contributed by atoms with van der Waals surface area (Å²) in [5.41, 5.74) is 7.83. The maximum Gasteiger partial charge on any atom is 0.155 e. The van der Waals surface area contributed by atoms with Crippen molar-refractivity contribution in [2.24, 2.45) is 10.7 Å². The Morgan fingerprint density at radius 3 is 2.45 bits per heavy atom. The van der Waals surface area contributed by atoms with Gasteiger partial charge in [-0.1, -0.05) is 54.2 Å². The second-order valence-electron chi connectivity index (χ2n) is 5.13. The van der Waals surface area contributed by atoms with Crippen LogP contribution in [0.5, 0.6) is 5.75 Å². The fourth-order valence-electron chi connectivity index (χ4n) is 2.59. The summed E-state index contributed by atoms with van der Waals surface area (Å²) in [7, 11) is 1.62. The van der Waals surface area contributed by atoms with Crippen LogP contribution in [0.15, 0.2) is 59.6 Å². The van der Waals surface area contributed by atoms with Gasteiger partial charge < -0.3 is 15.6 Å². The highest BCUT2D eigenvalue weighted by Crippen LogP contribution is 2.43. The number of ether oxygens (including phenoxy) is 1. The van der Waals surface area contributed by atoms with Crippen LogP contribution < -0.4 is 10.5 Å². The Labute approximate surface area is 134 Å². The van der Waals surface area contributed by atoms with E-state index >= 15 is 0 Å². The molecule has 22 heavy (non-hydrogen) atoms. The first-order valence-corrected chi connectivity index (χ1v) is 7.94. The smallest absolute Gasteiger partial charge is 0.155 e. The third-order valence-electron chi connectivity index (χ3n) is 3.74. The van der Waals surface area contributed by atoms with Gasteiger partial charge in [0, 0.05) is 0 Å². The van der Waals surface area contributed by atoms with Crippen LogP contribution in [-0.4, -0.2) is 23.4 Å². The minimum absolute atomic E-state index is 0.0262. The molecule has 0 spiro atoms. The van der Waals surface area contributed by atoms with E-state index in [0.29, 0.717) is 5.17 Å². The van der Waals surface area contributed by atoms with Gasteiger partial charge in [0.1, 0.15) is 11.9 Å². The van der Waals surface area contributed by atoms with Crippen molar-refractivity contribution in [3.8, 4) is 5.75 Å². The summed E-state index contributed by atoms with van der Waals surface area (Å²) in [6, 6.07) is 17.1. The lowest BCUT2D eigenvalue weighted by molar-refractivity contribution is 0.147. The summed E-state index contributed by atoms with van der Waals surface area (Å²) in [6.07, 6.45) is -0.704. The van der Waals surface area contributed by atoms with Gasteiger partial charge in [0.05, 0.1) is 18.4 Å². The van der Waals surface area contributed by atoms with Crippen LogP contribution in [0.1, 0.15) is 22.5 Å². The molecule has 0 fully saturated rings. The Bertz CT molecular complexity index is 658. The molecular formula is C17H18N2O2S. The number of aliphatic hydroxyl groups is 1. The average molecular weight is 314 g/mol. The monoisotopic (exact) mass is 314 g/mol. The van der Waals surface area contributed by atoms with Crippen LogP contribution in [0.2, 0.25) is 0 Å². The van der Waals surface area contributed by atoms with E-state index < -0.39 is 6.10 Å². The van der Waals surface area contributed by atoms with E-state index in [9.17, 15) is 5.11 Å². The molecule has 0 unspecified atom stereocenters. The quantitative estimate of drug-likeness (QED) is 0.910. The Kier molecular flexibility index (Phi) is 4.36. The normalized spacial score (nSPS) is 22.2. The van der Waals surface area contributed by atoms with Gasteiger partial charge in [0.25, 0.3) is 0 Å². The molecule has 0 aliphatic carbocycles. The first-order chi connectivity index (χ1) is 10.7. The number of aliphatic hydroxyl groups excluding tert-OH is 1. The Balaban J connectivity index is 1.86. The number of nitrogens with zero attached hydrogens (tertiary/aromatic N) is 1. The number of rotatable bonds is 4. The molecule has 3 N–H and O–H groups in total. The second-order valence-corrected chi connectivity index (χ2v) is 6.29. The van der Waals surface area contributed by atoms with Crippen LogP contribution in [0.4, 0.5) is 0 Å². The molecule has 0 saturated carbocycles. The van der Waals surface area contributed by atoms with Gasteiger partial charge in [-0.05, 0) is 23.3 Å². The Morgan fingerprint density at radius 2 is 1.82 bits per heavy atom. The predicted molar refractivity (Wildman–Crippen MR) is 90.1 cm³/mol. The lowest BCUT2D eigenvalue weighted by Gasteiger charge is -2.23. The molecule has 1 aliphatic rings. The molecule has 3 atom stereocenters. The molecule has 1 aliphatic heterocycles. The molecule has 5 heteroatoms. The van der Waals surface area contributed by atoms with Crippen molar-refractivity contribution in [2.75, 3.05) is 7.11 Å². The number of hydrogen-bond acceptors (Lipinski definition) is 5. The highest BCUT2D eigenvalue weighted by Gasteiger charge is 2.36. The van der Waals surface area contributed by atoms with Gasteiger partial charge in [-0.25, -0.2) is 0 Å². The number of thioether (sulfide) groups is 1. The summed E-state index contributed by atoms with van der Waals surface area (Å²) in [5.74, 6) is 0.763. The van der Waals surface area contributed by atoms with Crippen molar-refractivity contribution in [1.29, 1.82) is 0 Å². The lowest BCUT2D eigenvalue weighted by atomic mass is 9.96. The number of methoxy groups -OCH3 is 1. The van der Waals surface area contributed by atoms with Crippen LogP contribution >= 0.6 is 11.8 Å². The zero-order valence-electron chi connectivity index (χ0n) is 12.2. The van der Waals surface area contributed by atoms with E-state index in [0.717, 1.165) is 16.9 Å². The van der Waals surface area contributed by atoms with Crippen molar-refractivity contribution in [3.63, 3.8) is 0 Å². The Morgan fingerprint density at radius 1 is 1.14 bits per heavy atom. The molecule has 1 heterocycles. The number of aliphatic imine (C=N–C) groups is 1. The van der Waals surface area contributed by atoms with Gasteiger partial charge in [0.15, 0.2) is 5.17 Å². The summed E-state index contributed by atoms with van der Waals surface area (Å²) < 4.78 is 5.15. The molecule has 0 radical (unpaired) electrons. The largest absolute Gasteiger partial charge is 0.497 e. The van der Waals surface area contributed by atoms with Gasteiger partial charge in [-0.3, -0.25) is 4.99 Å². The molecule has 2 aromatic carbocycles. The maximum absolute atomic E-state index is 10.7.